The monoisotopic (exact) mass is 307 g/mol. The largest absolute Gasteiger partial charge is 0.332 e. The number of hydrogen-bond donors (Lipinski definition) is 0. The van der Waals surface area contributed by atoms with Crippen molar-refractivity contribution in [2.24, 2.45) is 7.05 Å². The van der Waals surface area contributed by atoms with Crippen molar-refractivity contribution in [1.29, 1.82) is 0 Å². The molecule has 2 rings (SSSR count). The third-order valence-electron chi connectivity index (χ3n) is 3.47. The third-order valence-corrected chi connectivity index (χ3v) is 3.47. The highest BCUT2D eigenvalue weighted by molar-refractivity contribution is 5.94. The standard InChI is InChI=1S/C16H19F2N3O/c1-10(2)21(9-12-7-19-20(4)8-12)16(22)13-5-11(3)14(17)6-15(13)18/h5-8,10H,9H2,1-4H3. The van der Waals surface area contributed by atoms with Gasteiger partial charge in [-0.25, -0.2) is 8.78 Å². The molecule has 0 radical (unpaired) electrons. The lowest BCUT2D eigenvalue weighted by Crippen LogP contribution is -2.36. The van der Waals surface area contributed by atoms with Crippen LogP contribution in [0.5, 0.6) is 0 Å². The molecule has 1 amide bonds. The summed E-state index contributed by atoms with van der Waals surface area (Å²) in [5, 5.41) is 4.06. The number of carbonyl (C=O) groups excluding carboxylic acids is 1. The number of aryl methyl sites for hydroxylation is 2. The van der Waals surface area contributed by atoms with E-state index >= 15 is 0 Å². The molecule has 0 saturated heterocycles. The molecule has 0 aliphatic rings. The zero-order chi connectivity index (χ0) is 16.4. The van der Waals surface area contributed by atoms with Crippen molar-refractivity contribution >= 4 is 5.91 Å². The molecular formula is C16H19F2N3O. The molecule has 118 valence electrons. The maximum Gasteiger partial charge on any atom is 0.257 e. The fraction of sp³-hybridized carbons (Fsp3) is 0.375. The van der Waals surface area contributed by atoms with Crippen LogP contribution in [0.2, 0.25) is 0 Å². The van der Waals surface area contributed by atoms with E-state index in [1.54, 1.807) is 24.1 Å². The van der Waals surface area contributed by atoms with E-state index in [1.807, 2.05) is 13.8 Å². The third kappa shape index (κ3) is 3.32. The number of halogens is 2. The average Bonchev–Trinajstić information content (AvgIpc) is 2.84. The van der Waals surface area contributed by atoms with Gasteiger partial charge in [0, 0.05) is 37.5 Å². The first-order chi connectivity index (χ1) is 10.3. The summed E-state index contributed by atoms with van der Waals surface area (Å²) in [5.41, 5.74) is 0.982. The number of hydrogen-bond acceptors (Lipinski definition) is 2. The van der Waals surface area contributed by atoms with Crippen molar-refractivity contribution in [1.82, 2.24) is 14.7 Å². The van der Waals surface area contributed by atoms with E-state index < -0.39 is 17.5 Å². The van der Waals surface area contributed by atoms with Gasteiger partial charge >= 0.3 is 0 Å². The molecule has 0 saturated carbocycles. The topological polar surface area (TPSA) is 38.1 Å². The van der Waals surface area contributed by atoms with Crippen LogP contribution in [0.4, 0.5) is 8.78 Å². The van der Waals surface area contributed by atoms with E-state index in [9.17, 15) is 13.6 Å². The number of amides is 1. The van der Waals surface area contributed by atoms with Gasteiger partial charge in [-0.05, 0) is 32.4 Å². The first kappa shape index (κ1) is 16.1. The summed E-state index contributed by atoms with van der Waals surface area (Å²) < 4.78 is 28.9. The first-order valence-electron chi connectivity index (χ1n) is 7.03. The fourth-order valence-corrected chi connectivity index (χ4v) is 2.21. The fourth-order valence-electron chi connectivity index (χ4n) is 2.21. The normalized spacial score (nSPS) is 11.0. The van der Waals surface area contributed by atoms with Crippen LogP contribution in [0.25, 0.3) is 0 Å². The van der Waals surface area contributed by atoms with E-state index in [0.717, 1.165) is 11.6 Å². The van der Waals surface area contributed by atoms with Crippen LogP contribution in [-0.2, 0) is 13.6 Å². The highest BCUT2D eigenvalue weighted by Gasteiger charge is 2.23. The Morgan fingerprint density at radius 2 is 2.00 bits per heavy atom. The van der Waals surface area contributed by atoms with Crippen LogP contribution in [-0.4, -0.2) is 26.6 Å². The Morgan fingerprint density at radius 1 is 1.32 bits per heavy atom. The van der Waals surface area contributed by atoms with Crippen molar-refractivity contribution in [3.05, 3.63) is 52.9 Å². The molecule has 0 bridgehead atoms. The predicted molar refractivity (Wildman–Crippen MR) is 79.3 cm³/mol. The van der Waals surface area contributed by atoms with Gasteiger partial charge in [-0.2, -0.15) is 5.10 Å². The van der Waals surface area contributed by atoms with E-state index in [1.165, 1.54) is 17.9 Å². The predicted octanol–water partition coefficient (Wildman–Crippen LogP) is 3.06. The van der Waals surface area contributed by atoms with Crippen LogP contribution < -0.4 is 0 Å². The number of benzene rings is 1. The number of nitrogens with zero attached hydrogens (tertiary/aromatic N) is 3. The maximum atomic E-state index is 13.9. The minimum absolute atomic E-state index is 0.114. The Bertz CT molecular complexity index is 695. The second-order valence-electron chi connectivity index (χ2n) is 5.63. The Morgan fingerprint density at radius 3 is 2.55 bits per heavy atom. The highest BCUT2D eigenvalue weighted by atomic mass is 19.1. The van der Waals surface area contributed by atoms with Gasteiger partial charge in [0.15, 0.2) is 0 Å². The SMILES string of the molecule is Cc1cc(C(=O)N(Cc2cnn(C)c2)C(C)C)c(F)cc1F. The van der Waals surface area contributed by atoms with Gasteiger partial charge in [0.2, 0.25) is 0 Å². The minimum Gasteiger partial charge on any atom is -0.332 e. The van der Waals surface area contributed by atoms with Crippen LogP contribution >= 0.6 is 0 Å². The van der Waals surface area contributed by atoms with Gasteiger partial charge in [-0.15, -0.1) is 0 Å². The summed E-state index contributed by atoms with van der Waals surface area (Å²) in [7, 11) is 1.79. The molecule has 4 nitrogen and oxygen atoms in total. The van der Waals surface area contributed by atoms with Gasteiger partial charge in [0.25, 0.3) is 5.91 Å². The lowest BCUT2D eigenvalue weighted by Gasteiger charge is -2.26. The summed E-state index contributed by atoms with van der Waals surface area (Å²) >= 11 is 0. The van der Waals surface area contributed by atoms with Crippen molar-refractivity contribution in [2.45, 2.75) is 33.4 Å². The van der Waals surface area contributed by atoms with Gasteiger partial charge in [-0.1, -0.05) is 0 Å². The van der Waals surface area contributed by atoms with Crippen LogP contribution in [0.15, 0.2) is 24.5 Å². The Labute approximate surface area is 128 Å². The number of carbonyl (C=O) groups is 1. The molecule has 0 N–H and O–H groups in total. The second-order valence-corrected chi connectivity index (χ2v) is 5.63. The Hall–Kier alpha value is -2.24. The molecule has 1 aromatic carbocycles. The van der Waals surface area contributed by atoms with Crippen LogP contribution in [0, 0.1) is 18.6 Å². The maximum absolute atomic E-state index is 13.9. The van der Waals surface area contributed by atoms with Gasteiger partial charge in [0.1, 0.15) is 11.6 Å². The molecule has 2 aromatic rings. The highest BCUT2D eigenvalue weighted by Crippen LogP contribution is 2.19. The van der Waals surface area contributed by atoms with Gasteiger partial charge < -0.3 is 4.90 Å². The van der Waals surface area contributed by atoms with E-state index in [4.69, 9.17) is 0 Å². The zero-order valence-electron chi connectivity index (χ0n) is 13.1. The second kappa shape index (κ2) is 6.25. The Kier molecular flexibility index (Phi) is 4.59. The smallest absolute Gasteiger partial charge is 0.257 e. The molecule has 0 aliphatic heterocycles. The molecular weight excluding hydrogens is 288 g/mol. The van der Waals surface area contributed by atoms with Gasteiger partial charge in [-0.3, -0.25) is 9.48 Å². The quantitative estimate of drug-likeness (QED) is 0.870. The molecule has 0 fully saturated rings. The molecule has 0 spiro atoms. The lowest BCUT2D eigenvalue weighted by molar-refractivity contribution is 0.0685. The molecule has 6 heteroatoms. The van der Waals surface area contributed by atoms with E-state index in [0.29, 0.717) is 6.54 Å². The van der Waals surface area contributed by atoms with Gasteiger partial charge in [0.05, 0.1) is 11.8 Å². The van der Waals surface area contributed by atoms with Crippen molar-refractivity contribution < 1.29 is 13.6 Å². The minimum atomic E-state index is -0.843. The molecule has 22 heavy (non-hydrogen) atoms. The molecule has 1 heterocycles. The lowest BCUT2D eigenvalue weighted by atomic mass is 10.1. The van der Waals surface area contributed by atoms with Crippen molar-refractivity contribution in [3.63, 3.8) is 0 Å². The first-order valence-corrected chi connectivity index (χ1v) is 7.03. The van der Waals surface area contributed by atoms with Crippen molar-refractivity contribution in [3.8, 4) is 0 Å². The summed E-state index contributed by atoms with van der Waals surface area (Å²) in [6.45, 7) is 5.53. The summed E-state index contributed by atoms with van der Waals surface area (Å²) in [6.07, 6.45) is 3.46. The summed E-state index contributed by atoms with van der Waals surface area (Å²) in [4.78, 5) is 14.2. The van der Waals surface area contributed by atoms with Crippen LogP contribution in [0.3, 0.4) is 0 Å². The zero-order valence-corrected chi connectivity index (χ0v) is 13.1. The number of aromatic nitrogens is 2. The molecule has 0 unspecified atom stereocenters. The molecule has 0 atom stereocenters. The molecule has 1 aromatic heterocycles. The van der Waals surface area contributed by atoms with Crippen molar-refractivity contribution in [2.75, 3.05) is 0 Å². The Balaban J connectivity index is 2.32. The average molecular weight is 307 g/mol. The molecule has 0 aliphatic carbocycles. The summed E-state index contributed by atoms with van der Waals surface area (Å²) in [5.74, 6) is -1.96. The van der Waals surface area contributed by atoms with E-state index in [2.05, 4.69) is 5.10 Å². The number of rotatable bonds is 4. The van der Waals surface area contributed by atoms with E-state index in [-0.39, 0.29) is 17.2 Å². The summed E-state index contributed by atoms with van der Waals surface area (Å²) in [6, 6.07) is 1.88. The van der Waals surface area contributed by atoms with Crippen LogP contribution in [0.1, 0.15) is 35.3 Å².